The summed E-state index contributed by atoms with van der Waals surface area (Å²) < 4.78 is 0. The third-order valence-corrected chi connectivity index (χ3v) is 0. The Morgan fingerprint density at radius 1 is 0.500 bits per heavy atom. The van der Waals surface area contributed by atoms with Crippen LogP contribution in [0.1, 0.15) is 0 Å². The van der Waals surface area contributed by atoms with Crippen LogP contribution in [0.3, 0.4) is 0 Å². The van der Waals surface area contributed by atoms with Crippen LogP contribution in [0.5, 0.6) is 0 Å². The van der Waals surface area contributed by atoms with E-state index in [4.69, 9.17) is 0 Å². The molecule has 0 aliphatic rings. The molecule has 38 valence electrons. The summed E-state index contributed by atoms with van der Waals surface area (Å²) in [7, 11) is 0. The van der Waals surface area contributed by atoms with Crippen LogP contribution >= 0.6 is 49.6 Å². The summed E-state index contributed by atoms with van der Waals surface area (Å²) in [6.07, 6.45) is 0. The molecule has 0 spiro atoms. The van der Waals surface area contributed by atoms with E-state index in [1.165, 1.54) is 0 Å². The maximum atomic E-state index is 0. The third-order valence-electron chi connectivity index (χ3n) is 0. The molecule has 0 amide bonds. The Morgan fingerprint density at radius 3 is 0.500 bits per heavy atom. The van der Waals surface area contributed by atoms with Crippen molar-refractivity contribution >= 4 is 124 Å². The molecule has 0 aromatic rings. The Hall–Kier alpha value is 3.56. The molecular weight excluding hydrogens is 205 g/mol. The first-order valence-electron chi connectivity index (χ1n) is 0. The SMILES string of the molecule is Cl.Cl.Cl.Cl.[KH].[MgH2]. The summed E-state index contributed by atoms with van der Waals surface area (Å²) in [5.41, 5.74) is 0. The molecule has 6 heavy (non-hydrogen) atoms. The van der Waals surface area contributed by atoms with Gasteiger partial charge in [-0.05, 0) is 0 Å². The molecule has 0 unspecified atom stereocenters. The van der Waals surface area contributed by atoms with Crippen molar-refractivity contribution in [3.8, 4) is 0 Å². The Morgan fingerprint density at radius 2 is 0.500 bits per heavy atom. The molecule has 0 N–H and O–H groups in total. The topological polar surface area (TPSA) is 0 Å². The molecule has 0 nitrogen and oxygen atoms in total. The molecule has 0 heterocycles. The van der Waals surface area contributed by atoms with Crippen LogP contribution in [0.2, 0.25) is 0 Å². The monoisotopic (exact) mass is 210 g/mol. The molecular formula is H7Cl4KMg. The molecule has 0 bridgehead atoms. The minimum absolute atomic E-state index is 0. The van der Waals surface area contributed by atoms with Gasteiger partial charge in [-0.25, -0.2) is 0 Å². The second-order valence-corrected chi connectivity index (χ2v) is 0. The van der Waals surface area contributed by atoms with E-state index in [0.717, 1.165) is 0 Å². The van der Waals surface area contributed by atoms with Gasteiger partial charge in [0, 0.05) is 0 Å². The standard InChI is InChI=1S/4ClH.K.Mg.3H/h4*1H;;;;;. The van der Waals surface area contributed by atoms with E-state index in [1.807, 2.05) is 0 Å². The largest absolute Gasteiger partial charge is 0.316 e. The number of hydrogen-bond donors (Lipinski definition) is 0. The zero-order valence-electron chi connectivity index (χ0n) is 1.63. The zero-order chi connectivity index (χ0) is 0. The fraction of sp³-hybridized carbons (Fsp3) is 0. The van der Waals surface area contributed by atoms with Crippen LogP contribution < -0.4 is 0 Å². The Balaban J connectivity index is 0. The van der Waals surface area contributed by atoms with Gasteiger partial charge in [0.2, 0.25) is 0 Å². The van der Waals surface area contributed by atoms with Gasteiger partial charge >= 0.3 is 74.4 Å². The Bertz CT molecular complexity index is 7.51. The summed E-state index contributed by atoms with van der Waals surface area (Å²) in [6, 6.07) is 0. The maximum absolute atomic E-state index is 0. The van der Waals surface area contributed by atoms with Crippen molar-refractivity contribution in [2.45, 2.75) is 0 Å². The molecule has 0 fully saturated rings. The molecule has 0 aliphatic heterocycles. The second-order valence-electron chi connectivity index (χ2n) is 0. The minimum atomic E-state index is 0. The summed E-state index contributed by atoms with van der Waals surface area (Å²) in [4.78, 5) is 0. The molecule has 0 aliphatic carbocycles. The van der Waals surface area contributed by atoms with Crippen molar-refractivity contribution in [1.29, 1.82) is 0 Å². The molecule has 0 atom stereocenters. The summed E-state index contributed by atoms with van der Waals surface area (Å²) in [6.45, 7) is 0. The molecule has 0 saturated carbocycles. The summed E-state index contributed by atoms with van der Waals surface area (Å²) in [5.74, 6) is 0. The van der Waals surface area contributed by atoms with Gasteiger partial charge in [0.05, 0.1) is 0 Å². The Labute approximate surface area is 121 Å². The summed E-state index contributed by atoms with van der Waals surface area (Å²) in [5, 5.41) is 0. The normalized spacial score (nSPS) is 0. The van der Waals surface area contributed by atoms with E-state index in [2.05, 4.69) is 0 Å². The second kappa shape index (κ2) is 38.6. The van der Waals surface area contributed by atoms with Crippen molar-refractivity contribution in [3.05, 3.63) is 0 Å². The molecule has 0 radical (unpaired) electrons. The molecule has 0 rings (SSSR count). The first-order chi connectivity index (χ1) is 0. The van der Waals surface area contributed by atoms with Gasteiger partial charge in [-0.2, -0.15) is 0 Å². The zero-order valence-corrected chi connectivity index (χ0v) is 4.90. The van der Waals surface area contributed by atoms with E-state index in [1.54, 1.807) is 0 Å². The van der Waals surface area contributed by atoms with Crippen LogP contribution in [-0.4, -0.2) is 74.4 Å². The molecule has 0 aromatic heterocycles. The average Bonchev–Trinajstić information content (AvgIpc) is 0. The van der Waals surface area contributed by atoms with Crippen LogP contribution in [0.15, 0.2) is 0 Å². The molecule has 6 heteroatoms. The van der Waals surface area contributed by atoms with Crippen LogP contribution in [0.25, 0.3) is 0 Å². The van der Waals surface area contributed by atoms with Crippen molar-refractivity contribution in [2.75, 3.05) is 0 Å². The van der Waals surface area contributed by atoms with E-state index < -0.39 is 0 Å². The first kappa shape index (κ1) is 55.2. The minimum Gasteiger partial charge on any atom is 0.316 e. The quantitative estimate of drug-likeness (QED) is 0.500. The average molecular weight is 212 g/mol. The van der Waals surface area contributed by atoms with Gasteiger partial charge in [-0.1, -0.05) is 0 Å². The van der Waals surface area contributed by atoms with E-state index in [0.29, 0.717) is 0 Å². The van der Waals surface area contributed by atoms with Crippen molar-refractivity contribution < 1.29 is 0 Å². The van der Waals surface area contributed by atoms with Gasteiger partial charge in [0.15, 0.2) is 0 Å². The number of rotatable bonds is 0. The predicted molar refractivity (Wildman–Crippen MR) is 44.7 cm³/mol. The molecule has 0 saturated heterocycles. The fourth-order valence-electron chi connectivity index (χ4n) is 0. The van der Waals surface area contributed by atoms with E-state index in [-0.39, 0.29) is 124 Å². The van der Waals surface area contributed by atoms with Crippen LogP contribution in [-0.2, 0) is 0 Å². The molecule has 0 aromatic carbocycles. The third kappa shape index (κ3) is 25.7. The van der Waals surface area contributed by atoms with Gasteiger partial charge in [-0.3, -0.25) is 0 Å². The van der Waals surface area contributed by atoms with Crippen molar-refractivity contribution in [3.63, 3.8) is 0 Å². The number of hydrogen-bond acceptors (Lipinski definition) is 0. The van der Waals surface area contributed by atoms with Crippen LogP contribution in [0.4, 0.5) is 0 Å². The smallest absolute Gasteiger partial charge is 0.316 e. The fourth-order valence-corrected chi connectivity index (χ4v) is 0. The van der Waals surface area contributed by atoms with Crippen molar-refractivity contribution in [1.82, 2.24) is 0 Å². The number of halogens is 4. The van der Waals surface area contributed by atoms with E-state index >= 15 is 0 Å². The van der Waals surface area contributed by atoms with Gasteiger partial charge in [0.25, 0.3) is 0 Å². The van der Waals surface area contributed by atoms with Crippen molar-refractivity contribution in [2.24, 2.45) is 0 Å². The van der Waals surface area contributed by atoms with Gasteiger partial charge in [0.1, 0.15) is 0 Å². The van der Waals surface area contributed by atoms with Gasteiger partial charge in [-0.15, -0.1) is 49.6 Å². The Kier molecular flexibility index (Phi) is 355. The predicted octanol–water partition coefficient (Wildman–Crippen LogP) is 0.122. The first-order valence-corrected chi connectivity index (χ1v) is 0. The summed E-state index contributed by atoms with van der Waals surface area (Å²) >= 11 is 0. The maximum Gasteiger partial charge on any atom is 0.316 e. The van der Waals surface area contributed by atoms with E-state index in [9.17, 15) is 0 Å². The van der Waals surface area contributed by atoms with Gasteiger partial charge < -0.3 is 0 Å². The van der Waals surface area contributed by atoms with Crippen LogP contribution in [0, 0.1) is 0 Å².